The van der Waals surface area contributed by atoms with Crippen LogP contribution in [-0.2, 0) is 16.6 Å². The highest BCUT2D eigenvalue weighted by atomic mass is 32.2. The van der Waals surface area contributed by atoms with E-state index in [0.717, 1.165) is 24.8 Å². The average molecular weight is 414 g/mol. The van der Waals surface area contributed by atoms with Gasteiger partial charge in [0.25, 0.3) is 0 Å². The van der Waals surface area contributed by atoms with Crippen molar-refractivity contribution >= 4 is 15.7 Å². The quantitative estimate of drug-likeness (QED) is 0.738. The zero-order valence-electron chi connectivity index (χ0n) is 16.9. The molecule has 0 amide bonds. The minimum atomic E-state index is -3.52. The normalized spacial score (nSPS) is 15.1. The fourth-order valence-electron chi connectivity index (χ4n) is 3.31. The minimum absolute atomic E-state index is 0.0324. The summed E-state index contributed by atoms with van der Waals surface area (Å²) in [5, 5.41) is 12.2. The first-order valence-electron chi connectivity index (χ1n) is 9.94. The van der Waals surface area contributed by atoms with Crippen molar-refractivity contribution in [2.24, 2.45) is 0 Å². The van der Waals surface area contributed by atoms with Crippen molar-refractivity contribution < 1.29 is 13.2 Å². The SMILES string of the molecule is CC(C)Oc1ccc(S(=O)(=O)N2CCCCC2)cc1NCc1ccc(C#N)cc1. The van der Waals surface area contributed by atoms with Crippen molar-refractivity contribution in [2.45, 2.75) is 50.7 Å². The maximum atomic E-state index is 13.0. The second-order valence-electron chi connectivity index (χ2n) is 7.45. The Morgan fingerprint density at radius 1 is 1.10 bits per heavy atom. The van der Waals surface area contributed by atoms with E-state index < -0.39 is 10.0 Å². The van der Waals surface area contributed by atoms with Gasteiger partial charge in [-0.3, -0.25) is 0 Å². The molecule has 1 heterocycles. The molecule has 0 unspecified atom stereocenters. The topological polar surface area (TPSA) is 82.4 Å². The van der Waals surface area contributed by atoms with Gasteiger partial charge in [-0.25, -0.2) is 8.42 Å². The van der Waals surface area contributed by atoms with Crippen LogP contribution in [0.3, 0.4) is 0 Å². The summed E-state index contributed by atoms with van der Waals surface area (Å²) in [6.45, 7) is 5.50. The van der Waals surface area contributed by atoms with E-state index in [4.69, 9.17) is 10.00 Å². The van der Waals surface area contributed by atoms with Crippen LogP contribution in [0.5, 0.6) is 5.75 Å². The number of piperidine rings is 1. The summed E-state index contributed by atoms with van der Waals surface area (Å²) in [6, 6.07) is 14.4. The number of ether oxygens (including phenoxy) is 1. The Kier molecular flexibility index (Phi) is 6.78. The van der Waals surface area contributed by atoms with Gasteiger partial charge in [-0.2, -0.15) is 9.57 Å². The summed E-state index contributed by atoms with van der Waals surface area (Å²) in [7, 11) is -3.52. The molecule has 7 heteroatoms. The van der Waals surface area contributed by atoms with E-state index in [0.29, 0.717) is 36.6 Å². The number of hydrogen-bond donors (Lipinski definition) is 1. The molecule has 0 atom stereocenters. The number of nitriles is 1. The molecule has 1 fully saturated rings. The van der Waals surface area contributed by atoms with Crippen molar-refractivity contribution in [3.8, 4) is 11.8 Å². The maximum Gasteiger partial charge on any atom is 0.243 e. The molecule has 2 aromatic carbocycles. The van der Waals surface area contributed by atoms with Gasteiger partial charge in [-0.1, -0.05) is 18.6 Å². The summed E-state index contributed by atoms with van der Waals surface area (Å²) in [6.07, 6.45) is 2.84. The van der Waals surface area contributed by atoms with Crippen molar-refractivity contribution in [2.75, 3.05) is 18.4 Å². The third kappa shape index (κ3) is 5.28. The van der Waals surface area contributed by atoms with Crippen molar-refractivity contribution in [1.82, 2.24) is 4.31 Å². The summed E-state index contributed by atoms with van der Waals surface area (Å²) in [5.41, 5.74) is 2.23. The van der Waals surface area contributed by atoms with Gasteiger partial charge in [0, 0.05) is 19.6 Å². The summed E-state index contributed by atoms with van der Waals surface area (Å²) in [4.78, 5) is 0.276. The molecule has 154 valence electrons. The molecular formula is C22H27N3O3S. The van der Waals surface area contributed by atoms with Crippen LogP contribution < -0.4 is 10.1 Å². The van der Waals surface area contributed by atoms with E-state index in [1.165, 1.54) is 0 Å². The lowest BCUT2D eigenvalue weighted by atomic mass is 10.1. The molecule has 1 aliphatic heterocycles. The van der Waals surface area contributed by atoms with Gasteiger partial charge >= 0.3 is 0 Å². The van der Waals surface area contributed by atoms with Crippen LogP contribution in [0.15, 0.2) is 47.4 Å². The Balaban J connectivity index is 1.85. The second kappa shape index (κ2) is 9.29. The zero-order chi connectivity index (χ0) is 20.9. The molecule has 0 radical (unpaired) electrons. The molecule has 1 saturated heterocycles. The molecule has 1 N–H and O–H groups in total. The lowest BCUT2D eigenvalue weighted by Gasteiger charge is -2.26. The number of anilines is 1. The first kappa shape index (κ1) is 21.2. The Labute approximate surface area is 173 Å². The molecule has 0 aliphatic carbocycles. The molecule has 2 aromatic rings. The van der Waals surface area contributed by atoms with Gasteiger partial charge in [0.1, 0.15) is 5.75 Å². The van der Waals surface area contributed by atoms with Crippen LogP contribution in [-0.4, -0.2) is 31.9 Å². The van der Waals surface area contributed by atoms with Gasteiger partial charge in [0.15, 0.2) is 0 Å². The van der Waals surface area contributed by atoms with Crippen LogP contribution in [0, 0.1) is 11.3 Å². The van der Waals surface area contributed by atoms with E-state index in [1.54, 1.807) is 34.6 Å². The van der Waals surface area contributed by atoms with Crippen LogP contribution in [0.25, 0.3) is 0 Å². The fraction of sp³-hybridized carbons (Fsp3) is 0.409. The van der Waals surface area contributed by atoms with Gasteiger partial charge < -0.3 is 10.1 Å². The molecule has 3 rings (SSSR count). The number of hydrogen-bond acceptors (Lipinski definition) is 5. The standard InChI is InChI=1S/C22H27N3O3S/c1-17(2)28-22-11-10-20(29(26,27)25-12-4-3-5-13-25)14-21(22)24-16-19-8-6-18(15-23)7-9-19/h6-11,14,17,24H,3-5,12-13,16H2,1-2H3. The highest BCUT2D eigenvalue weighted by Crippen LogP contribution is 2.31. The van der Waals surface area contributed by atoms with Crippen LogP contribution in [0.2, 0.25) is 0 Å². The second-order valence-corrected chi connectivity index (χ2v) is 9.39. The number of nitrogens with zero attached hydrogens (tertiary/aromatic N) is 2. The van der Waals surface area contributed by atoms with E-state index in [-0.39, 0.29) is 11.0 Å². The summed E-state index contributed by atoms with van der Waals surface area (Å²) >= 11 is 0. The number of rotatable bonds is 7. The lowest BCUT2D eigenvalue weighted by Crippen LogP contribution is -2.35. The first-order valence-corrected chi connectivity index (χ1v) is 11.4. The lowest BCUT2D eigenvalue weighted by molar-refractivity contribution is 0.243. The third-order valence-electron chi connectivity index (χ3n) is 4.83. The minimum Gasteiger partial charge on any atom is -0.489 e. The molecular weight excluding hydrogens is 386 g/mol. The van der Waals surface area contributed by atoms with E-state index in [1.807, 2.05) is 26.0 Å². The monoisotopic (exact) mass is 413 g/mol. The fourth-order valence-corrected chi connectivity index (χ4v) is 4.86. The molecule has 1 aliphatic rings. The Morgan fingerprint density at radius 2 is 1.79 bits per heavy atom. The average Bonchev–Trinajstić information content (AvgIpc) is 2.73. The van der Waals surface area contributed by atoms with Gasteiger partial charge in [-0.05, 0) is 62.6 Å². The Bertz CT molecular complexity index is 973. The van der Waals surface area contributed by atoms with E-state index >= 15 is 0 Å². The first-order chi connectivity index (χ1) is 13.9. The van der Waals surface area contributed by atoms with Crippen molar-refractivity contribution in [3.05, 3.63) is 53.6 Å². The largest absolute Gasteiger partial charge is 0.489 e. The predicted octanol–water partition coefficient (Wildman–Crippen LogP) is 4.13. The highest BCUT2D eigenvalue weighted by molar-refractivity contribution is 7.89. The molecule has 6 nitrogen and oxygen atoms in total. The van der Waals surface area contributed by atoms with E-state index in [9.17, 15) is 8.42 Å². The van der Waals surface area contributed by atoms with Crippen molar-refractivity contribution in [1.29, 1.82) is 5.26 Å². The van der Waals surface area contributed by atoms with Crippen LogP contribution in [0.4, 0.5) is 5.69 Å². The predicted molar refractivity (Wildman–Crippen MR) is 113 cm³/mol. The molecule has 0 spiro atoms. The molecule has 0 saturated carbocycles. The third-order valence-corrected chi connectivity index (χ3v) is 6.73. The summed E-state index contributed by atoms with van der Waals surface area (Å²) < 4.78 is 33.5. The maximum absolute atomic E-state index is 13.0. The number of benzene rings is 2. The molecule has 0 aromatic heterocycles. The highest BCUT2D eigenvalue weighted by Gasteiger charge is 2.26. The van der Waals surface area contributed by atoms with Crippen LogP contribution in [0.1, 0.15) is 44.2 Å². The van der Waals surface area contributed by atoms with Gasteiger partial charge in [0.2, 0.25) is 10.0 Å². The Morgan fingerprint density at radius 3 is 2.41 bits per heavy atom. The number of sulfonamides is 1. The zero-order valence-corrected chi connectivity index (χ0v) is 17.7. The van der Waals surface area contributed by atoms with Gasteiger partial charge in [0.05, 0.1) is 28.3 Å². The number of nitrogens with one attached hydrogen (secondary N) is 1. The Hall–Kier alpha value is -2.56. The van der Waals surface area contributed by atoms with Crippen molar-refractivity contribution in [3.63, 3.8) is 0 Å². The van der Waals surface area contributed by atoms with Gasteiger partial charge in [-0.15, -0.1) is 0 Å². The molecule has 29 heavy (non-hydrogen) atoms. The smallest absolute Gasteiger partial charge is 0.243 e. The molecule has 0 bridgehead atoms. The van der Waals surface area contributed by atoms with E-state index in [2.05, 4.69) is 11.4 Å². The summed E-state index contributed by atoms with van der Waals surface area (Å²) in [5.74, 6) is 0.617. The van der Waals surface area contributed by atoms with Crippen LogP contribution >= 0.6 is 0 Å².